The predicted octanol–water partition coefficient (Wildman–Crippen LogP) is 3.63. The Balaban J connectivity index is 2.05. The zero-order chi connectivity index (χ0) is 16.1. The molecular weight excluding hydrogens is 348 g/mol. The number of esters is 1. The van der Waals surface area contributed by atoms with Gasteiger partial charge in [-0.05, 0) is 59.2 Å². The van der Waals surface area contributed by atoms with Crippen LogP contribution in [0, 0.1) is 11.8 Å². The van der Waals surface area contributed by atoms with E-state index in [1.54, 1.807) is 0 Å². The van der Waals surface area contributed by atoms with Crippen LogP contribution in [0.1, 0.15) is 33.1 Å². The maximum atomic E-state index is 11.9. The number of halogens is 1. The van der Waals surface area contributed by atoms with Crippen molar-refractivity contribution in [1.82, 2.24) is 4.98 Å². The van der Waals surface area contributed by atoms with Crippen LogP contribution in [-0.2, 0) is 9.53 Å². The molecule has 0 saturated heterocycles. The van der Waals surface area contributed by atoms with E-state index >= 15 is 0 Å². The molecule has 0 amide bonds. The Morgan fingerprint density at radius 2 is 2.18 bits per heavy atom. The Labute approximate surface area is 139 Å². The highest BCUT2D eigenvalue weighted by atomic mass is 79.9. The van der Waals surface area contributed by atoms with Gasteiger partial charge < -0.3 is 14.8 Å². The van der Waals surface area contributed by atoms with Crippen LogP contribution in [0.2, 0.25) is 0 Å². The Kier molecular flexibility index (Phi) is 6.06. The summed E-state index contributed by atoms with van der Waals surface area (Å²) in [5, 5.41) is 3.15. The summed E-state index contributed by atoms with van der Waals surface area (Å²) in [6, 6.07) is 3.29. The van der Waals surface area contributed by atoms with Crippen molar-refractivity contribution < 1.29 is 14.3 Å². The largest absolute Gasteiger partial charge is 0.477 e. The van der Waals surface area contributed by atoms with Crippen molar-refractivity contribution in [2.45, 2.75) is 39.2 Å². The molecule has 1 saturated carbocycles. The molecule has 1 fully saturated rings. The van der Waals surface area contributed by atoms with Gasteiger partial charge in [-0.2, -0.15) is 4.98 Å². The molecule has 1 aromatic rings. The summed E-state index contributed by atoms with van der Waals surface area (Å²) >= 11 is 3.44. The second-order valence-electron chi connectivity index (χ2n) is 6.09. The second kappa shape index (κ2) is 7.81. The highest BCUT2D eigenvalue weighted by molar-refractivity contribution is 9.10. The second-order valence-corrected chi connectivity index (χ2v) is 6.94. The minimum atomic E-state index is -0.407. The van der Waals surface area contributed by atoms with Gasteiger partial charge in [0.05, 0.1) is 18.2 Å². The summed E-state index contributed by atoms with van der Waals surface area (Å²) in [5.41, 5.74) is 0. The molecule has 122 valence electrons. The lowest BCUT2D eigenvalue weighted by molar-refractivity contribution is -0.141. The summed E-state index contributed by atoms with van der Waals surface area (Å²) in [6.45, 7) is 4.83. The number of pyridine rings is 1. The summed E-state index contributed by atoms with van der Waals surface area (Å²) in [7, 11) is 1.40. The maximum Gasteiger partial charge on any atom is 0.328 e. The van der Waals surface area contributed by atoms with E-state index < -0.39 is 6.04 Å². The lowest BCUT2D eigenvalue weighted by Gasteiger charge is -2.19. The first-order valence-corrected chi connectivity index (χ1v) is 8.42. The number of nitrogens with one attached hydrogen (secondary N) is 1. The van der Waals surface area contributed by atoms with Crippen LogP contribution >= 0.6 is 15.9 Å². The van der Waals surface area contributed by atoms with Crippen molar-refractivity contribution >= 4 is 27.7 Å². The molecule has 2 rings (SSSR count). The number of aromatic nitrogens is 1. The molecule has 6 heteroatoms. The Bertz CT molecular complexity index is 518. The van der Waals surface area contributed by atoms with Crippen LogP contribution in [0.25, 0.3) is 0 Å². The Hall–Kier alpha value is -1.30. The third-order valence-corrected chi connectivity index (χ3v) is 4.08. The van der Waals surface area contributed by atoms with Gasteiger partial charge in [-0.3, -0.25) is 0 Å². The minimum absolute atomic E-state index is 0.279. The number of carbonyl (C=O) groups excluding carboxylic acids is 1. The fourth-order valence-electron chi connectivity index (χ4n) is 2.09. The number of methoxy groups -OCH3 is 1. The van der Waals surface area contributed by atoms with E-state index in [0.29, 0.717) is 36.6 Å². The van der Waals surface area contributed by atoms with Crippen LogP contribution in [0.3, 0.4) is 0 Å². The summed E-state index contributed by atoms with van der Waals surface area (Å²) in [5.74, 6) is 1.93. The van der Waals surface area contributed by atoms with Gasteiger partial charge in [0.25, 0.3) is 0 Å². The van der Waals surface area contributed by atoms with E-state index in [4.69, 9.17) is 9.47 Å². The Morgan fingerprint density at radius 3 is 2.77 bits per heavy atom. The van der Waals surface area contributed by atoms with Crippen molar-refractivity contribution in [2.75, 3.05) is 19.0 Å². The standard InChI is InChI=1S/C16H23BrN2O3/c1-10(2)8-13(16(20)21-3)18-14-7-6-12(17)15(19-14)22-9-11-4-5-11/h6-7,10-11,13H,4-5,8-9H2,1-3H3,(H,18,19)/t13-/m0/s1. The van der Waals surface area contributed by atoms with Crippen LogP contribution in [-0.4, -0.2) is 30.7 Å². The molecule has 0 bridgehead atoms. The molecule has 1 aliphatic carbocycles. The summed E-state index contributed by atoms with van der Waals surface area (Å²) in [6.07, 6.45) is 3.14. The van der Waals surface area contributed by atoms with E-state index in [2.05, 4.69) is 40.1 Å². The molecule has 0 spiro atoms. The first kappa shape index (κ1) is 17.1. The fourth-order valence-corrected chi connectivity index (χ4v) is 2.43. The van der Waals surface area contributed by atoms with Crippen LogP contribution in [0.15, 0.2) is 16.6 Å². The molecule has 5 nitrogen and oxygen atoms in total. The third kappa shape index (κ3) is 5.16. The van der Waals surface area contributed by atoms with Crippen molar-refractivity contribution in [3.05, 3.63) is 16.6 Å². The van der Waals surface area contributed by atoms with Gasteiger partial charge in [0.1, 0.15) is 11.9 Å². The third-order valence-electron chi connectivity index (χ3n) is 3.48. The summed E-state index contributed by atoms with van der Waals surface area (Å²) in [4.78, 5) is 16.3. The van der Waals surface area contributed by atoms with Gasteiger partial charge >= 0.3 is 5.97 Å². The average molecular weight is 371 g/mol. The zero-order valence-corrected chi connectivity index (χ0v) is 14.9. The molecule has 0 aromatic carbocycles. The predicted molar refractivity (Wildman–Crippen MR) is 89.0 cm³/mol. The lowest BCUT2D eigenvalue weighted by atomic mass is 10.0. The molecule has 1 aromatic heterocycles. The lowest BCUT2D eigenvalue weighted by Crippen LogP contribution is -2.32. The van der Waals surface area contributed by atoms with Crippen molar-refractivity contribution in [2.24, 2.45) is 11.8 Å². The fraction of sp³-hybridized carbons (Fsp3) is 0.625. The number of ether oxygens (including phenoxy) is 2. The molecule has 1 N–H and O–H groups in total. The molecule has 0 aliphatic heterocycles. The van der Waals surface area contributed by atoms with Gasteiger partial charge in [0.15, 0.2) is 0 Å². The first-order chi connectivity index (χ1) is 10.5. The monoisotopic (exact) mass is 370 g/mol. The molecule has 22 heavy (non-hydrogen) atoms. The number of rotatable bonds is 8. The Morgan fingerprint density at radius 1 is 1.45 bits per heavy atom. The quantitative estimate of drug-likeness (QED) is 0.707. The number of hydrogen-bond donors (Lipinski definition) is 1. The van der Waals surface area contributed by atoms with E-state index in [9.17, 15) is 4.79 Å². The van der Waals surface area contributed by atoms with Gasteiger partial charge in [-0.25, -0.2) is 4.79 Å². The molecule has 1 heterocycles. The average Bonchev–Trinajstić information content (AvgIpc) is 3.30. The number of anilines is 1. The van der Waals surface area contributed by atoms with E-state index in [1.807, 2.05) is 12.1 Å². The topological polar surface area (TPSA) is 60.5 Å². The van der Waals surface area contributed by atoms with E-state index in [1.165, 1.54) is 20.0 Å². The van der Waals surface area contributed by atoms with Crippen LogP contribution in [0.5, 0.6) is 5.88 Å². The molecule has 0 radical (unpaired) electrons. The number of nitrogens with zero attached hydrogens (tertiary/aromatic N) is 1. The maximum absolute atomic E-state index is 11.9. The van der Waals surface area contributed by atoms with Gasteiger partial charge in [-0.1, -0.05) is 13.8 Å². The molecule has 1 aliphatic rings. The zero-order valence-electron chi connectivity index (χ0n) is 13.3. The highest BCUT2D eigenvalue weighted by Crippen LogP contribution is 2.31. The van der Waals surface area contributed by atoms with Gasteiger partial charge in [0.2, 0.25) is 5.88 Å². The normalized spacial score (nSPS) is 15.5. The highest BCUT2D eigenvalue weighted by Gasteiger charge is 2.23. The van der Waals surface area contributed by atoms with Crippen molar-refractivity contribution in [1.29, 1.82) is 0 Å². The molecule has 1 atom stereocenters. The van der Waals surface area contributed by atoms with Crippen molar-refractivity contribution in [3.8, 4) is 5.88 Å². The number of hydrogen-bond acceptors (Lipinski definition) is 5. The molecule has 0 unspecified atom stereocenters. The van der Waals surface area contributed by atoms with Crippen molar-refractivity contribution in [3.63, 3.8) is 0 Å². The number of carbonyl (C=O) groups is 1. The van der Waals surface area contributed by atoms with E-state index in [0.717, 1.165) is 4.47 Å². The van der Waals surface area contributed by atoms with E-state index in [-0.39, 0.29) is 5.97 Å². The van der Waals surface area contributed by atoms with Crippen LogP contribution < -0.4 is 10.1 Å². The summed E-state index contributed by atoms with van der Waals surface area (Å²) < 4.78 is 11.4. The first-order valence-electron chi connectivity index (χ1n) is 7.63. The smallest absolute Gasteiger partial charge is 0.328 e. The van der Waals surface area contributed by atoms with Gasteiger partial charge in [-0.15, -0.1) is 0 Å². The van der Waals surface area contributed by atoms with Gasteiger partial charge in [0, 0.05) is 0 Å². The SMILES string of the molecule is COC(=O)[C@H](CC(C)C)Nc1ccc(Br)c(OCC2CC2)n1. The molecular formula is C16H23BrN2O3. The van der Waals surface area contributed by atoms with Crippen LogP contribution in [0.4, 0.5) is 5.82 Å². The minimum Gasteiger partial charge on any atom is -0.477 e.